The van der Waals surface area contributed by atoms with Crippen molar-refractivity contribution in [1.29, 1.82) is 0 Å². The molecule has 21 heavy (non-hydrogen) atoms. The number of benzene rings is 1. The summed E-state index contributed by atoms with van der Waals surface area (Å²) in [6.45, 7) is 0.750. The number of rotatable bonds is 6. The van der Waals surface area contributed by atoms with Crippen molar-refractivity contribution in [2.75, 3.05) is 11.4 Å². The highest BCUT2D eigenvalue weighted by Gasteiger charge is 2.24. The van der Waals surface area contributed by atoms with E-state index in [0.29, 0.717) is 15.9 Å². The van der Waals surface area contributed by atoms with Crippen molar-refractivity contribution >= 4 is 27.0 Å². The summed E-state index contributed by atoms with van der Waals surface area (Å²) in [6, 6.07) is 13.3. The minimum absolute atomic E-state index is 0.390. The van der Waals surface area contributed by atoms with Crippen molar-refractivity contribution in [2.45, 2.75) is 29.6 Å². The van der Waals surface area contributed by atoms with E-state index in [2.05, 4.69) is 5.32 Å². The Bertz CT molecular complexity index is 706. The number of thiophene rings is 1. The first-order valence-electron chi connectivity index (χ1n) is 6.93. The molecule has 0 saturated heterocycles. The number of sulfonamides is 1. The van der Waals surface area contributed by atoms with Gasteiger partial charge in [0.15, 0.2) is 0 Å². The van der Waals surface area contributed by atoms with Crippen molar-refractivity contribution in [3.05, 3.63) is 47.3 Å². The minimum atomic E-state index is -3.47. The van der Waals surface area contributed by atoms with Gasteiger partial charge in [-0.15, -0.1) is 11.3 Å². The summed E-state index contributed by atoms with van der Waals surface area (Å²) in [6.07, 6.45) is 2.46. The van der Waals surface area contributed by atoms with Crippen molar-refractivity contribution in [3.8, 4) is 0 Å². The second kappa shape index (κ2) is 5.79. The van der Waals surface area contributed by atoms with E-state index in [1.165, 1.54) is 28.5 Å². The molecule has 112 valence electrons. The lowest BCUT2D eigenvalue weighted by Gasteiger charge is -2.18. The van der Waals surface area contributed by atoms with Gasteiger partial charge in [-0.25, -0.2) is 8.42 Å². The molecule has 0 atom stereocenters. The highest BCUT2D eigenvalue weighted by atomic mass is 32.2. The third kappa shape index (κ3) is 3.28. The summed E-state index contributed by atoms with van der Waals surface area (Å²) in [5, 5.41) is 3.40. The van der Waals surface area contributed by atoms with Crippen molar-refractivity contribution in [1.82, 2.24) is 5.32 Å². The van der Waals surface area contributed by atoms with E-state index in [1.54, 1.807) is 25.2 Å². The highest BCUT2D eigenvalue weighted by molar-refractivity contribution is 7.94. The molecular weight excluding hydrogens is 304 g/mol. The molecule has 0 aliphatic heterocycles. The van der Waals surface area contributed by atoms with Crippen LogP contribution in [0.3, 0.4) is 0 Å². The lowest BCUT2D eigenvalue weighted by molar-refractivity contribution is 0.596. The van der Waals surface area contributed by atoms with E-state index in [9.17, 15) is 8.42 Å². The summed E-state index contributed by atoms with van der Waals surface area (Å²) in [5.41, 5.74) is 0.670. The fourth-order valence-electron chi connectivity index (χ4n) is 2.04. The van der Waals surface area contributed by atoms with Crippen molar-refractivity contribution in [2.24, 2.45) is 0 Å². The van der Waals surface area contributed by atoms with Gasteiger partial charge in [0.1, 0.15) is 4.21 Å². The van der Waals surface area contributed by atoms with Crippen LogP contribution in [0.25, 0.3) is 0 Å². The molecule has 1 aliphatic carbocycles. The number of nitrogens with zero attached hydrogens (tertiary/aromatic N) is 1. The Hall–Kier alpha value is -1.37. The first-order valence-corrected chi connectivity index (χ1v) is 9.19. The molecule has 6 heteroatoms. The van der Waals surface area contributed by atoms with Gasteiger partial charge < -0.3 is 5.32 Å². The maximum Gasteiger partial charge on any atom is 0.273 e. The molecular formula is C15H18N2O2S2. The maximum atomic E-state index is 12.6. The Labute approximate surface area is 129 Å². The molecule has 0 spiro atoms. The van der Waals surface area contributed by atoms with Gasteiger partial charge in [-0.05, 0) is 37.1 Å². The van der Waals surface area contributed by atoms with Crippen LogP contribution in [-0.2, 0) is 16.6 Å². The predicted octanol–water partition coefficient (Wildman–Crippen LogP) is 2.83. The number of nitrogens with one attached hydrogen (secondary N) is 1. The van der Waals surface area contributed by atoms with Gasteiger partial charge >= 0.3 is 0 Å². The van der Waals surface area contributed by atoms with Crippen LogP contribution in [0.4, 0.5) is 5.69 Å². The van der Waals surface area contributed by atoms with Gasteiger partial charge in [-0.1, -0.05) is 18.2 Å². The average molecular weight is 322 g/mol. The largest absolute Gasteiger partial charge is 0.309 e. The first-order chi connectivity index (χ1) is 10.1. The number of hydrogen-bond donors (Lipinski definition) is 1. The van der Waals surface area contributed by atoms with Gasteiger partial charge in [-0.3, -0.25) is 4.31 Å². The molecule has 0 unspecified atom stereocenters. The molecule has 2 aromatic rings. The van der Waals surface area contributed by atoms with Crippen LogP contribution >= 0.6 is 11.3 Å². The van der Waals surface area contributed by atoms with Crippen LogP contribution in [-0.4, -0.2) is 21.5 Å². The summed E-state index contributed by atoms with van der Waals surface area (Å²) in [4.78, 5) is 1.06. The van der Waals surface area contributed by atoms with Crippen LogP contribution < -0.4 is 9.62 Å². The second-order valence-corrected chi connectivity index (χ2v) is 8.55. The topological polar surface area (TPSA) is 49.4 Å². The summed E-state index contributed by atoms with van der Waals surface area (Å²) in [7, 11) is -1.88. The van der Waals surface area contributed by atoms with E-state index in [4.69, 9.17) is 0 Å². The zero-order valence-corrected chi connectivity index (χ0v) is 13.5. The average Bonchev–Trinajstić information content (AvgIpc) is 3.21. The number of hydrogen-bond acceptors (Lipinski definition) is 4. The monoisotopic (exact) mass is 322 g/mol. The van der Waals surface area contributed by atoms with Crippen LogP contribution in [0.5, 0.6) is 0 Å². The Morgan fingerprint density at radius 2 is 1.90 bits per heavy atom. The Morgan fingerprint density at radius 3 is 2.57 bits per heavy atom. The molecule has 0 bridgehead atoms. The minimum Gasteiger partial charge on any atom is -0.309 e. The third-order valence-corrected chi connectivity index (χ3v) is 6.85. The van der Waals surface area contributed by atoms with E-state index < -0.39 is 10.0 Å². The summed E-state index contributed by atoms with van der Waals surface area (Å²) < 4.78 is 26.9. The van der Waals surface area contributed by atoms with Crippen LogP contribution in [0.15, 0.2) is 46.7 Å². The molecule has 1 N–H and O–H groups in total. The molecule has 1 aromatic heterocycles. The van der Waals surface area contributed by atoms with Crippen LogP contribution in [0.1, 0.15) is 17.7 Å². The standard InChI is InChI=1S/C15H18N2O2S2/c1-17(13-5-3-2-4-6-13)21(18,19)15-10-9-14(20-15)11-16-12-7-8-12/h2-6,9-10,12,16H,7-8,11H2,1H3. The summed E-state index contributed by atoms with van der Waals surface area (Å²) in [5.74, 6) is 0. The van der Waals surface area contributed by atoms with Crippen molar-refractivity contribution < 1.29 is 8.42 Å². The third-order valence-electron chi connectivity index (χ3n) is 3.51. The maximum absolute atomic E-state index is 12.6. The number of anilines is 1. The molecule has 1 saturated carbocycles. The van der Waals surface area contributed by atoms with Gasteiger partial charge in [0.05, 0.1) is 5.69 Å². The predicted molar refractivity (Wildman–Crippen MR) is 86.2 cm³/mol. The summed E-state index contributed by atoms with van der Waals surface area (Å²) >= 11 is 1.34. The molecule has 0 amide bonds. The zero-order chi connectivity index (χ0) is 14.9. The Kier molecular flexibility index (Phi) is 4.01. The second-order valence-electron chi connectivity index (χ2n) is 5.18. The molecule has 1 heterocycles. The molecule has 1 aromatic carbocycles. The lowest BCUT2D eigenvalue weighted by atomic mass is 10.3. The zero-order valence-electron chi connectivity index (χ0n) is 11.8. The quantitative estimate of drug-likeness (QED) is 0.890. The fraction of sp³-hybridized carbons (Fsp3) is 0.333. The van der Waals surface area contributed by atoms with E-state index >= 15 is 0 Å². The molecule has 1 aliphatic rings. The van der Waals surface area contributed by atoms with E-state index in [0.717, 1.165) is 11.4 Å². The van der Waals surface area contributed by atoms with Gasteiger partial charge in [0.25, 0.3) is 10.0 Å². The Balaban J connectivity index is 1.77. The fourth-order valence-corrected chi connectivity index (χ4v) is 4.71. The van der Waals surface area contributed by atoms with Crippen LogP contribution in [0, 0.1) is 0 Å². The lowest BCUT2D eigenvalue weighted by Crippen LogP contribution is -2.25. The van der Waals surface area contributed by atoms with Crippen molar-refractivity contribution in [3.63, 3.8) is 0 Å². The van der Waals surface area contributed by atoms with E-state index in [-0.39, 0.29) is 0 Å². The van der Waals surface area contributed by atoms with Crippen LogP contribution in [0.2, 0.25) is 0 Å². The van der Waals surface area contributed by atoms with Gasteiger partial charge in [-0.2, -0.15) is 0 Å². The SMILES string of the molecule is CN(c1ccccc1)S(=O)(=O)c1ccc(CNC2CC2)s1. The Morgan fingerprint density at radius 1 is 1.19 bits per heavy atom. The normalized spacial score (nSPS) is 15.1. The molecule has 0 radical (unpaired) electrons. The van der Waals surface area contributed by atoms with E-state index in [1.807, 2.05) is 24.3 Å². The smallest absolute Gasteiger partial charge is 0.273 e. The number of para-hydroxylation sites is 1. The first kappa shape index (κ1) is 14.6. The molecule has 1 fully saturated rings. The highest BCUT2D eigenvalue weighted by Crippen LogP contribution is 2.28. The molecule has 3 rings (SSSR count). The van der Waals surface area contributed by atoms with Gasteiger partial charge in [0, 0.05) is 24.5 Å². The molecule has 4 nitrogen and oxygen atoms in total. The van der Waals surface area contributed by atoms with Gasteiger partial charge in [0.2, 0.25) is 0 Å².